The van der Waals surface area contributed by atoms with Crippen LogP contribution in [-0.2, 0) is 0 Å². The summed E-state index contributed by atoms with van der Waals surface area (Å²) in [4.78, 5) is 13.9. The van der Waals surface area contributed by atoms with Crippen molar-refractivity contribution < 1.29 is 9.90 Å². The third-order valence-electron chi connectivity index (χ3n) is 2.67. The van der Waals surface area contributed by atoms with E-state index >= 15 is 0 Å². The Balaban J connectivity index is 0.00000120. The van der Waals surface area contributed by atoms with E-state index in [1.165, 1.54) is 6.07 Å². The van der Waals surface area contributed by atoms with Crippen LogP contribution in [0, 0.1) is 0 Å². The molecule has 0 unspecified atom stereocenters. The predicted molar refractivity (Wildman–Crippen MR) is 70.0 cm³/mol. The van der Waals surface area contributed by atoms with Crippen molar-refractivity contribution in [3.05, 3.63) is 42.2 Å². The molecule has 3 aromatic rings. The van der Waals surface area contributed by atoms with Gasteiger partial charge in [-0.3, -0.25) is 5.10 Å². The summed E-state index contributed by atoms with van der Waals surface area (Å²) in [5, 5.41) is 16.4. The number of carboxylic acids is 1. The molecule has 0 atom stereocenters. The number of fused-ring (bicyclic) bond motifs is 1. The van der Waals surface area contributed by atoms with Gasteiger partial charge in [0, 0.05) is 22.7 Å². The first-order valence-electron chi connectivity index (χ1n) is 5.11. The first-order chi connectivity index (χ1) is 8.25. The number of carboxylic acid groups (broad SMARTS) is 1. The van der Waals surface area contributed by atoms with Crippen LogP contribution in [0.4, 0.5) is 0 Å². The van der Waals surface area contributed by atoms with Gasteiger partial charge < -0.3 is 10.1 Å². The van der Waals surface area contributed by atoms with Crippen molar-refractivity contribution in [1.82, 2.24) is 15.2 Å². The fraction of sp³-hybridized carbons (Fsp3) is 0. The Morgan fingerprint density at radius 3 is 2.78 bits per heavy atom. The fourth-order valence-electron chi connectivity index (χ4n) is 1.85. The minimum absolute atomic E-state index is 0. The zero-order valence-corrected chi connectivity index (χ0v) is 8.77. The molecule has 0 radical (unpaired) electrons. The molecule has 0 aliphatic carbocycles. The fourth-order valence-corrected chi connectivity index (χ4v) is 1.85. The van der Waals surface area contributed by atoms with E-state index in [2.05, 4.69) is 15.2 Å². The number of para-hydroxylation sites is 1. The summed E-state index contributed by atoms with van der Waals surface area (Å²) in [5.74, 6) is -1.01. The Morgan fingerprint density at radius 2 is 2.06 bits per heavy atom. The molecule has 0 fully saturated rings. The standard InChI is InChI=1S/C12H9N3O2.Na.H/c16-12(17)11-5-10(14-15-11)8-6-13-9-4-2-1-3-7(8)9;;/h1-6,13H,(H,14,15)(H,16,17);;. The van der Waals surface area contributed by atoms with Crippen molar-refractivity contribution in [2.75, 3.05) is 0 Å². The summed E-state index contributed by atoms with van der Waals surface area (Å²) < 4.78 is 0. The second kappa shape index (κ2) is 4.97. The second-order valence-electron chi connectivity index (χ2n) is 3.72. The third-order valence-corrected chi connectivity index (χ3v) is 2.67. The van der Waals surface area contributed by atoms with Gasteiger partial charge in [-0.05, 0) is 12.1 Å². The molecule has 2 heterocycles. The molecular weight excluding hydrogens is 241 g/mol. The van der Waals surface area contributed by atoms with E-state index in [4.69, 9.17) is 5.11 Å². The Kier molecular flexibility index (Phi) is 3.56. The Morgan fingerprint density at radius 1 is 1.28 bits per heavy atom. The van der Waals surface area contributed by atoms with Crippen molar-refractivity contribution in [3.63, 3.8) is 0 Å². The number of hydrogen-bond acceptors (Lipinski definition) is 2. The number of rotatable bonds is 2. The van der Waals surface area contributed by atoms with Gasteiger partial charge in [0.2, 0.25) is 0 Å². The monoisotopic (exact) mass is 251 g/mol. The van der Waals surface area contributed by atoms with E-state index in [0.717, 1.165) is 16.5 Å². The molecule has 18 heavy (non-hydrogen) atoms. The quantitative estimate of drug-likeness (QED) is 0.605. The van der Waals surface area contributed by atoms with E-state index in [9.17, 15) is 4.79 Å². The van der Waals surface area contributed by atoms with E-state index in [-0.39, 0.29) is 35.3 Å². The molecule has 2 aromatic heterocycles. The summed E-state index contributed by atoms with van der Waals surface area (Å²) in [6.45, 7) is 0. The number of aromatic carboxylic acids is 1. The summed E-state index contributed by atoms with van der Waals surface area (Å²) in [6.07, 6.45) is 1.83. The maximum atomic E-state index is 10.8. The van der Waals surface area contributed by atoms with E-state index in [1.54, 1.807) is 0 Å². The SMILES string of the molecule is O=C(O)c1cc(-c2c[nH]c3ccccc23)n[nH]1.[NaH]. The first kappa shape index (κ1) is 12.9. The third kappa shape index (κ3) is 2.08. The topological polar surface area (TPSA) is 81.8 Å². The number of aromatic nitrogens is 3. The van der Waals surface area contributed by atoms with E-state index < -0.39 is 5.97 Å². The molecule has 0 spiro atoms. The van der Waals surface area contributed by atoms with Gasteiger partial charge in [-0.2, -0.15) is 5.10 Å². The van der Waals surface area contributed by atoms with Crippen molar-refractivity contribution in [3.8, 4) is 11.3 Å². The Hall–Kier alpha value is -1.56. The van der Waals surface area contributed by atoms with E-state index in [0.29, 0.717) is 5.69 Å². The van der Waals surface area contributed by atoms with Crippen molar-refractivity contribution in [1.29, 1.82) is 0 Å². The molecule has 86 valence electrons. The Labute approximate surface area is 125 Å². The van der Waals surface area contributed by atoms with Crippen LogP contribution in [-0.4, -0.2) is 55.8 Å². The number of nitrogens with one attached hydrogen (secondary N) is 2. The van der Waals surface area contributed by atoms with Gasteiger partial charge >= 0.3 is 35.5 Å². The van der Waals surface area contributed by atoms with Crippen LogP contribution in [0.25, 0.3) is 22.2 Å². The van der Waals surface area contributed by atoms with Crippen LogP contribution in [0.5, 0.6) is 0 Å². The number of carbonyl (C=O) groups is 1. The first-order valence-corrected chi connectivity index (χ1v) is 5.11. The van der Waals surface area contributed by atoms with Crippen LogP contribution in [0.15, 0.2) is 36.5 Å². The van der Waals surface area contributed by atoms with Crippen LogP contribution in [0.3, 0.4) is 0 Å². The number of H-pyrrole nitrogens is 2. The average molecular weight is 251 g/mol. The molecule has 6 heteroatoms. The van der Waals surface area contributed by atoms with Crippen LogP contribution in [0.2, 0.25) is 0 Å². The van der Waals surface area contributed by atoms with Crippen LogP contribution < -0.4 is 0 Å². The van der Waals surface area contributed by atoms with Crippen molar-refractivity contribution >= 4 is 46.4 Å². The van der Waals surface area contributed by atoms with Crippen LogP contribution >= 0.6 is 0 Å². The molecule has 5 nitrogen and oxygen atoms in total. The average Bonchev–Trinajstić information content (AvgIpc) is 2.95. The molecule has 0 saturated carbocycles. The second-order valence-corrected chi connectivity index (χ2v) is 3.72. The maximum absolute atomic E-state index is 10.8. The molecule has 0 aliphatic heterocycles. The summed E-state index contributed by atoms with van der Waals surface area (Å²) in [5.41, 5.74) is 2.61. The van der Waals surface area contributed by atoms with Gasteiger partial charge in [-0.25, -0.2) is 4.79 Å². The van der Waals surface area contributed by atoms with Crippen LogP contribution in [0.1, 0.15) is 10.5 Å². The molecule has 3 rings (SSSR count). The number of aromatic amines is 2. The molecule has 0 bridgehead atoms. The molecule has 1 aromatic carbocycles. The zero-order valence-electron chi connectivity index (χ0n) is 8.77. The van der Waals surface area contributed by atoms with Gasteiger partial charge in [-0.1, -0.05) is 18.2 Å². The number of nitrogens with zero attached hydrogens (tertiary/aromatic N) is 1. The van der Waals surface area contributed by atoms with Gasteiger partial charge in [0.05, 0.1) is 5.69 Å². The zero-order chi connectivity index (χ0) is 11.8. The van der Waals surface area contributed by atoms with Gasteiger partial charge in [0.1, 0.15) is 5.69 Å². The number of benzene rings is 1. The predicted octanol–water partition coefficient (Wildman–Crippen LogP) is 1.61. The normalized spacial score (nSPS) is 10.2. The summed E-state index contributed by atoms with van der Waals surface area (Å²) in [7, 11) is 0. The van der Waals surface area contributed by atoms with Gasteiger partial charge in [0.15, 0.2) is 0 Å². The summed E-state index contributed by atoms with van der Waals surface area (Å²) in [6, 6.07) is 9.33. The van der Waals surface area contributed by atoms with Crippen molar-refractivity contribution in [2.45, 2.75) is 0 Å². The Bertz CT molecular complexity index is 702. The summed E-state index contributed by atoms with van der Waals surface area (Å²) >= 11 is 0. The molecule has 0 aliphatic rings. The van der Waals surface area contributed by atoms with Gasteiger partial charge in [0.25, 0.3) is 0 Å². The van der Waals surface area contributed by atoms with E-state index in [1.807, 2.05) is 30.5 Å². The molecule has 0 amide bonds. The minimum atomic E-state index is -1.01. The molecule has 3 N–H and O–H groups in total. The van der Waals surface area contributed by atoms with Gasteiger partial charge in [-0.15, -0.1) is 0 Å². The van der Waals surface area contributed by atoms with Crippen molar-refractivity contribution in [2.24, 2.45) is 0 Å². The molecular formula is C12H10N3NaO2. The number of hydrogen-bond donors (Lipinski definition) is 3. The molecule has 0 saturated heterocycles.